The second kappa shape index (κ2) is 6.05. The number of anilines is 2. The number of aromatic nitrogens is 1. The highest BCUT2D eigenvalue weighted by atomic mass is 16.3. The average molecular weight is 251 g/mol. The summed E-state index contributed by atoms with van der Waals surface area (Å²) in [7, 11) is 0. The fourth-order valence-corrected chi connectivity index (χ4v) is 1.63. The van der Waals surface area contributed by atoms with Crippen LogP contribution in [0, 0.1) is 0 Å². The van der Waals surface area contributed by atoms with Gasteiger partial charge >= 0.3 is 0 Å². The second-order valence-electron chi connectivity index (χ2n) is 5.10. The molecule has 0 saturated carbocycles. The lowest BCUT2D eigenvalue weighted by molar-refractivity contribution is 0.0649. The Balaban J connectivity index is 2.71. The van der Waals surface area contributed by atoms with Crippen molar-refractivity contribution in [3.05, 3.63) is 18.3 Å². The lowest BCUT2D eigenvalue weighted by Crippen LogP contribution is -2.39. The summed E-state index contributed by atoms with van der Waals surface area (Å²) in [4.78, 5) is 6.64. The van der Waals surface area contributed by atoms with E-state index in [2.05, 4.69) is 29.0 Å². The Kier molecular flexibility index (Phi) is 4.96. The smallest absolute Gasteiger partial charge is 0.128 e. The molecule has 0 bridgehead atoms. The fraction of sp³-hybridized carbons (Fsp3) is 0.643. The first-order valence-electron chi connectivity index (χ1n) is 6.58. The van der Waals surface area contributed by atoms with Crippen LogP contribution in [-0.2, 0) is 0 Å². The van der Waals surface area contributed by atoms with Crippen LogP contribution in [0.2, 0.25) is 0 Å². The van der Waals surface area contributed by atoms with E-state index in [1.807, 2.05) is 25.3 Å². The van der Waals surface area contributed by atoms with Crippen molar-refractivity contribution in [1.82, 2.24) is 4.98 Å². The molecule has 2 N–H and O–H groups in total. The monoisotopic (exact) mass is 251 g/mol. The fourth-order valence-electron chi connectivity index (χ4n) is 1.63. The van der Waals surface area contributed by atoms with Crippen LogP contribution in [0.4, 0.5) is 11.5 Å². The first kappa shape index (κ1) is 14.8. The summed E-state index contributed by atoms with van der Waals surface area (Å²) in [6.07, 6.45) is 1.82. The molecule has 1 aromatic rings. The lowest BCUT2D eigenvalue weighted by Gasteiger charge is -2.27. The highest BCUT2D eigenvalue weighted by Gasteiger charge is 2.21. The Morgan fingerprint density at radius 3 is 2.33 bits per heavy atom. The molecule has 0 aliphatic rings. The Morgan fingerprint density at radius 2 is 1.94 bits per heavy atom. The van der Waals surface area contributed by atoms with E-state index in [0.29, 0.717) is 0 Å². The summed E-state index contributed by atoms with van der Waals surface area (Å²) in [5, 5.41) is 13.1. The van der Waals surface area contributed by atoms with Crippen molar-refractivity contribution in [1.29, 1.82) is 0 Å². The van der Waals surface area contributed by atoms with Crippen LogP contribution in [-0.4, -0.2) is 34.8 Å². The van der Waals surface area contributed by atoms with Crippen LogP contribution in [0.1, 0.15) is 34.6 Å². The van der Waals surface area contributed by atoms with Crippen molar-refractivity contribution >= 4 is 11.5 Å². The third-order valence-corrected chi connectivity index (χ3v) is 3.28. The summed E-state index contributed by atoms with van der Waals surface area (Å²) < 4.78 is 0. The van der Waals surface area contributed by atoms with E-state index in [1.54, 1.807) is 13.8 Å². The largest absolute Gasteiger partial charge is 0.388 e. The maximum atomic E-state index is 9.88. The molecule has 1 atom stereocenters. The van der Waals surface area contributed by atoms with Gasteiger partial charge in [0.1, 0.15) is 5.82 Å². The van der Waals surface area contributed by atoms with Gasteiger partial charge in [0, 0.05) is 13.1 Å². The third-order valence-electron chi connectivity index (χ3n) is 3.28. The molecule has 0 aliphatic heterocycles. The molecule has 0 fully saturated rings. The summed E-state index contributed by atoms with van der Waals surface area (Å²) in [6.45, 7) is 11.7. The van der Waals surface area contributed by atoms with Gasteiger partial charge in [-0.25, -0.2) is 4.98 Å². The molecule has 4 nitrogen and oxygen atoms in total. The van der Waals surface area contributed by atoms with Gasteiger partial charge in [-0.15, -0.1) is 0 Å². The molecule has 0 saturated heterocycles. The third kappa shape index (κ3) is 3.88. The average Bonchev–Trinajstić information content (AvgIpc) is 2.31. The maximum absolute atomic E-state index is 9.88. The minimum atomic E-state index is -0.752. The molecule has 0 aromatic carbocycles. The number of hydrogen-bond donors (Lipinski definition) is 2. The number of pyridine rings is 1. The van der Waals surface area contributed by atoms with Crippen molar-refractivity contribution in [2.24, 2.45) is 0 Å². The quantitative estimate of drug-likeness (QED) is 0.815. The van der Waals surface area contributed by atoms with E-state index >= 15 is 0 Å². The van der Waals surface area contributed by atoms with Gasteiger partial charge in [0.05, 0.1) is 23.5 Å². The van der Waals surface area contributed by atoms with Crippen molar-refractivity contribution in [2.75, 3.05) is 23.3 Å². The summed E-state index contributed by atoms with van der Waals surface area (Å²) in [6, 6.07) is 3.98. The normalized spacial score (nSPS) is 13.2. The minimum absolute atomic E-state index is 0.0291. The summed E-state index contributed by atoms with van der Waals surface area (Å²) in [5.74, 6) is 0.987. The van der Waals surface area contributed by atoms with Gasteiger partial charge in [-0.1, -0.05) is 0 Å². The van der Waals surface area contributed by atoms with Crippen LogP contribution in [0.3, 0.4) is 0 Å². The van der Waals surface area contributed by atoms with Crippen molar-refractivity contribution < 1.29 is 5.11 Å². The van der Waals surface area contributed by atoms with Crippen LogP contribution in [0.15, 0.2) is 18.3 Å². The molecule has 1 unspecified atom stereocenters. The number of hydrogen-bond acceptors (Lipinski definition) is 4. The van der Waals surface area contributed by atoms with E-state index in [4.69, 9.17) is 0 Å². The predicted molar refractivity (Wildman–Crippen MR) is 77.2 cm³/mol. The first-order valence-corrected chi connectivity index (χ1v) is 6.58. The Hall–Kier alpha value is -1.29. The van der Waals surface area contributed by atoms with Crippen molar-refractivity contribution in [3.63, 3.8) is 0 Å². The molecule has 102 valence electrons. The minimum Gasteiger partial charge on any atom is -0.388 e. The zero-order valence-corrected chi connectivity index (χ0v) is 12.1. The molecule has 1 heterocycles. The molecule has 0 radical (unpaired) electrons. The summed E-state index contributed by atoms with van der Waals surface area (Å²) >= 11 is 0. The van der Waals surface area contributed by atoms with Crippen LogP contribution in [0.5, 0.6) is 0 Å². The Morgan fingerprint density at radius 1 is 1.33 bits per heavy atom. The topological polar surface area (TPSA) is 48.4 Å². The number of rotatable bonds is 6. The van der Waals surface area contributed by atoms with Gasteiger partial charge in [-0.3, -0.25) is 0 Å². The lowest BCUT2D eigenvalue weighted by atomic mass is 10.0. The van der Waals surface area contributed by atoms with E-state index in [9.17, 15) is 5.11 Å². The van der Waals surface area contributed by atoms with E-state index in [-0.39, 0.29) is 6.04 Å². The molecule has 0 aliphatic carbocycles. The van der Waals surface area contributed by atoms with Crippen LogP contribution < -0.4 is 10.2 Å². The highest BCUT2D eigenvalue weighted by molar-refractivity contribution is 5.49. The second-order valence-corrected chi connectivity index (χ2v) is 5.10. The van der Waals surface area contributed by atoms with Gasteiger partial charge in [0.25, 0.3) is 0 Å². The van der Waals surface area contributed by atoms with Gasteiger partial charge < -0.3 is 15.3 Å². The van der Waals surface area contributed by atoms with Crippen molar-refractivity contribution in [2.45, 2.75) is 46.3 Å². The molecular weight excluding hydrogens is 226 g/mol. The Labute approximate surface area is 110 Å². The predicted octanol–water partition coefficient (Wildman–Crippen LogP) is 2.50. The molecule has 0 amide bonds. The van der Waals surface area contributed by atoms with E-state index in [1.165, 1.54) is 0 Å². The van der Waals surface area contributed by atoms with Crippen LogP contribution >= 0.6 is 0 Å². The van der Waals surface area contributed by atoms with Gasteiger partial charge in [0.2, 0.25) is 0 Å². The molecule has 4 heteroatoms. The van der Waals surface area contributed by atoms with Gasteiger partial charge in [0.15, 0.2) is 0 Å². The number of aliphatic hydroxyl groups is 1. The summed E-state index contributed by atoms with van der Waals surface area (Å²) in [5.41, 5.74) is 0.179. The zero-order chi connectivity index (χ0) is 13.8. The SMILES string of the molecule is CCN(CC)c1ccc(NC(C)C(C)(C)O)cn1. The van der Waals surface area contributed by atoms with Crippen LogP contribution in [0.25, 0.3) is 0 Å². The standard InChI is InChI=1S/C14H25N3O/c1-6-17(7-2)13-9-8-12(10-15-13)16-11(3)14(4,5)18/h8-11,16,18H,6-7H2,1-5H3. The molecule has 1 aromatic heterocycles. The first-order chi connectivity index (χ1) is 8.38. The van der Waals surface area contributed by atoms with E-state index < -0.39 is 5.60 Å². The number of nitrogens with one attached hydrogen (secondary N) is 1. The molecule has 0 spiro atoms. The van der Waals surface area contributed by atoms with Crippen molar-refractivity contribution in [3.8, 4) is 0 Å². The zero-order valence-electron chi connectivity index (χ0n) is 12.1. The van der Waals surface area contributed by atoms with Gasteiger partial charge in [-0.2, -0.15) is 0 Å². The molecular formula is C14H25N3O. The highest BCUT2D eigenvalue weighted by Crippen LogP contribution is 2.17. The Bertz CT molecular complexity index is 352. The molecule has 18 heavy (non-hydrogen) atoms. The maximum Gasteiger partial charge on any atom is 0.128 e. The molecule has 1 rings (SSSR count). The number of nitrogens with zero attached hydrogens (tertiary/aromatic N) is 2. The van der Waals surface area contributed by atoms with E-state index in [0.717, 1.165) is 24.6 Å². The van der Waals surface area contributed by atoms with Gasteiger partial charge in [-0.05, 0) is 46.8 Å².